The number of carbonyl (C=O) groups is 3. The van der Waals surface area contributed by atoms with Gasteiger partial charge in [0.1, 0.15) is 0 Å². The van der Waals surface area contributed by atoms with E-state index in [1.807, 2.05) is 18.2 Å². The highest BCUT2D eigenvalue weighted by Crippen LogP contribution is 2.18. The summed E-state index contributed by atoms with van der Waals surface area (Å²) < 4.78 is 9.96. The third kappa shape index (κ3) is 4.50. The molecule has 0 fully saturated rings. The van der Waals surface area contributed by atoms with Gasteiger partial charge in [0.2, 0.25) is 0 Å². The van der Waals surface area contributed by atoms with E-state index in [0.29, 0.717) is 13.1 Å². The molecule has 0 saturated heterocycles. The highest BCUT2D eigenvalue weighted by atomic mass is 16.5. The van der Waals surface area contributed by atoms with E-state index in [1.165, 1.54) is 17.9 Å². The average Bonchev–Trinajstić information content (AvgIpc) is 3.20. The van der Waals surface area contributed by atoms with Crippen molar-refractivity contribution in [3.05, 3.63) is 59.5 Å². The number of furan rings is 1. The van der Waals surface area contributed by atoms with E-state index < -0.39 is 11.9 Å². The fourth-order valence-electron chi connectivity index (χ4n) is 2.79. The van der Waals surface area contributed by atoms with Gasteiger partial charge in [0.15, 0.2) is 12.4 Å². The molecular weight excluding hydrogens is 336 g/mol. The number of rotatable bonds is 6. The van der Waals surface area contributed by atoms with Gasteiger partial charge < -0.3 is 19.4 Å². The summed E-state index contributed by atoms with van der Waals surface area (Å²) in [6.45, 7) is 0.981. The van der Waals surface area contributed by atoms with E-state index in [1.54, 1.807) is 11.0 Å². The molecule has 1 aliphatic heterocycles. The van der Waals surface area contributed by atoms with Crippen molar-refractivity contribution in [1.29, 1.82) is 0 Å². The fourth-order valence-corrected chi connectivity index (χ4v) is 2.79. The Balaban J connectivity index is 1.36. The molecule has 1 aromatic heterocycles. The molecule has 7 heteroatoms. The number of amides is 2. The molecule has 0 atom stereocenters. The lowest BCUT2D eigenvalue weighted by Crippen LogP contribution is -2.38. The molecule has 0 spiro atoms. The van der Waals surface area contributed by atoms with Gasteiger partial charge in [-0.3, -0.25) is 14.4 Å². The third-order valence-electron chi connectivity index (χ3n) is 4.20. The molecule has 2 aromatic rings. The number of esters is 1. The molecule has 2 heterocycles. The van der Waals surface area contributed by atoms with Crippen LogP contribution in [0.25, 0.3) is 0 Å². The predicted octanol–water partition coefficient (Wildman–Crippen LogP) is 1.53. The topological polar surface area (TPSA) is 88.9 Å². The Kier molecular flexibility index (Phi) is 5.68. The van der Waals surface area contributed by atoms with Crippen molar-refractivity contribution in [3.63, 3.8) is 0 Å². The summed E-state index contributed by atoms with van der Waals surface area (Å²) in [4.78, 5) is 37.3. The number of hydrogen-bond donors (Lipinski definition) is 1. The maximum absolute atomic E-state index is 12.2. The second-order valence-electron chi connectivity index (χ2n) is 5.98. The summed E-state index contributed by atoms with van der Waals surface area (Å²) >= 11 is 0. The Labute approximate surface area is 150 Å². The zero-order valence-corrected chi connectivity index (χ0v) is 14.3. The second-order valence-corrected chi connectivity index (χ2v) is 5.98. The van der Waals surface area contributed by atoms with Gasteiger partial charge in [-0.2, -0.15) is 0 Å². The van der Waals surface area contributed by atoms with Gasteiger partial charge in [-0.25, -0.2) is 0 Å². The van der Waals surface area contributed by atoms with Gasteiger partial charge >= 0.3 is 5.97 Å². The van der Waals surface area contributed by atoms with Crippen LogP contribution in [-0.2, 0) is 27.3 Å². The zero-order valence-electron chi connectivity index (χ0n) is 14.3. The third-order valence-corrected chi connectivity index (χ3v) is 4.20. The van der Waals surface area contributed by atoms with Crippen LogP contribution in [0.5, 0.6) is 0 Å². The van der Waals surface area contributed by atoms with E-state index in [2.05, 4.69) is 11.4 Å². The van der Waals surface area contributed by atoms with Crippen molar-refractivity contribution in [2.24, 2.45) is 0 Å². The molecule has 0 saturated carbocycles. The smallest absolute Gasteiger partial charge is 0.308 e. The quantitative estimate of drug-likeness (QED) is 0.793. The van der Waals surface area contributed by atoms with Gasteiger partial charge in [-0.05, 0) is 29.7 Å². The summed E-state index contributed by atoms with van der Waals surface area (Å²) in [6.07, 6.45) is 2.19. The number of fused-ring (bicyclic) bond motifs is 1. The second kappa shape index (κ2) is 8.33. The standard InChI is InChI=1S/C19H20N2O5/c22-17(21-10-8-14-4-1-2-5-15(14)12-21)13-26-18(23)7-9-20-19(24)16-6-3-11-25-16/h1-6,11H,7-10,12-13H2,(H,20,24). The Bertz CT molecular complexity index is 785. The molecular formula is C19H20N2O5. The van der Waals surface area contributed by atoms with Crippen molar-refractivity contribution in [2.45, 2.75) is 19.4 Å². The number of ether oxygens (including phenoxy) is 1. The van der Waals surface area contributed by atoms with Crippen LogP contribution in [0.3, 0.4) is 0 Å². The van der Waals surface area contributed by atoms with Crippen LogP contribution in [0, 0.1) is 0 Å². The van der Waals surface area contributed by atoms with Crippen LogP contribution in [0.4, 0.5) is 0 Å². The Morgan fingerprint density at radius 2 is 1.92 bits per heavy atom. The van der Waals surface area contributed by atoms with Gasteiger partial charge in [-0.15, -0.1) is 0 Å². The van der Waals surface area contributed by atoms with Gasteiger partial charge in [0.05, 0.1) is 12.7 Å². The molecule has 0 aliphatic carbocycles. The molecule has 0 radical (unpaired) electrons. The molecule has 136 valence electrons. The molecule has 7 nitrogen and oxygen atoms in total. The summed E-state index contributed by atoms with van der Waals surface area (Å²) in [5.41, 5.74) is 2.37. The van der Waals surface area contributed by atoms with Crippen molar-refractivity contribution < 1.29 is 23.5 Å². The van der Waals surface area contributed by atoms with Crippen molar-refractivity contribution in [2.75, 3.05) is 19.7 Å². The van der Waals surface area contributed by atoms with Crippen LogP contribution < -0.4 is 5.32 Å². The summed E-state index contributed by atoms with van der Waals surface area (Å²) in [5, 5.41) is 2.55. The summed E-state index contributed by atoms with van der Waals surface area (Å²) in [5.74, 6) is -0.965. The van der Waals surface area contributed by atoms with Crippen LogP contribution in [0.1, 0.15) is 28.1 Å². The molecule has 1 aromatic carbocycles. The number of nitrogens with one attached hydrogen (secondary N) is 1. The van der Waals surface area contributed by atoms with Gasteiger partial charge in [0.25, 0.3) is 11.8 Å². The zero-order chi connectivity index (χ0) is 18.4. The minimum atomic E-state index is -0.532. The number of nitrogens with zero attached hydrogens (tertiary/aromatic N) is 1. The summed E-state index contributed by atoms with van der Waals surface area (Å²) in [7, 11) is 0. The first-order chi connectivity index (χ1) is 12.6. The minimum Gasteiger partial charge on any atom is -0.459 e. The molecule has 3 rings (SSSR count). The van der Waals surface area contributed by atoms with E-state index in [0.717, 1.165) is 12.0 Å². The predicted molar refractivity (Wildman–Crippen MR) is 92.2 cm³/mol. The Morgan fingerprint density at radius 3 is 2.69 bits per heavy atom. The summed E-state index contributed by atoms with van der Waals surface area (Å²) in [6, 6.07) is 11.1. The van der Waals surface area contributed by atoms with Crippen molar-refractivity contribution >= 4 is 17.8 Å². The largest absolute Gasteiger partial charge is 0.459 e. The van der Waals surface area contributed by atoms with E-state index in [-0.39, 0.29) is 31.2 Å². The fraction of sp³-hybridized carbons (Fsp3) is 0.316. The molecule has 1 aliphatic rings. The van der Waals surface area contributed by atoms with Crippen LogP contribution in [-0.4, -0.2) is 42.4 Å². The first-order valence-corrected chi connectivity index (χ1v) is 8.45. The highest BCUT2D eigenvalue weighted by molar-refractivity contribution is 5.91. The van der Waals surface area contributed by atoms with Gasteiger partial charge in [-0.1, -0.05) is 24.3 Å². The maximum atomic E-state index is 12.2. The molecule has 1 N–H and O–H groups in total. The first-order valence-electron chi connectivity index (χ1n) is 8.45. The van der Waals surface area contributed by atoms with Crippen molar-refractivity contribution in [3.8, 4) is 0 Å². The normalized spacial score (nSPS) is 13.0. The SMILES string of the molecule is O=C(CCNC(=O)c1ccco1)OCC(=O)N1CCc2ccccc2C1. The highest BCUT2D eigenvalue weighted by Gasteiger charge is 2.21. The Morgan fingerprint density at radius 1 is 1.12 bits per heavy atom. The minimum absolute atomic E-state index is 0.0113. The lowest BCUT2D eigenvalue weighted by atomic mass is 10.00. The van der Waals surface area contributed by atoms with Crippen LogP contribution in [0.15, 0.2) is 47.1 Å². The molecule has 0 unspecified atom stereocenters. The average molecular weight is 356 g/mol. The molecule has 26 heavy (non-hydrogen) atoms. The lowest BCUT2D eigenvalue weighted by molar-refractivity contribution is -0.152. The van der Waals surface area contributed by atoms with Crippen LogP contribution in [0.2, 0.25) is 0 Å². The van der Waals surface area contributed by atoms with Crippen molar-refractivity contribution in [1.82, 2.24) is 10.2 Å². The monoisotopic (exact) mass is 356 g/mol. The lowest BCUT2D eigenvalue weighted by Gasteiger charge is -2.28. The van der Waals surface area contributed by atoms with E-state index in [4.69, 9.17) is 9.15 Å². The molecule has 0 bridgehead atoms. The number of carbonyl (C=O) groups excluding carboxylic acids is 3. The van der Waals surface area contributed by atoms with E-state index in [9.17, 15) is 14.4 Å². The van der Waals surface area contributed by atoms with Crippen LogP contribution >= 0.6 is 0 Å². The van der Waals surface area contributed by atoms with E-state index >= 15 is 0 Å². The number of hydrogen-bond acceptors (Lipinski definition) is 5. The first kappa shape index (κ1) is 17.7. The van der Waals surface area contributed by atoms with Gasteiger partial charge in [0, 0.05) is 19.6 Å². The molecule has 2 amide bonds. The maximum Gasteiger partial charge on any atom is 0.308 e. The Hall–Kier alpha value is -3.09. The number of benzene rings is 1.